The summed E-state index contributed by atoms with van der Waals surface area (Å²) in [5, 5.41) is 23.1. The summed E-state index contributed by atoms with van der Waals surface area (Å²) in [4.78, 5) is -0.443. The molecule has 1 fully saturated rings. The molecule has 0 atom stereocenters. The second kappa shape index (κ2) is 5.11. The lowest BCUT2D eigenvalue weighted by Gasteiger charge is -2.25. The first-order valence-corrected chi connectivity index (χ1v) is 6.82. The zero-order chi connectivity index (χ0) is 13.2. The molecular formula is C10H14N2O5S. The van der Waals surface area contributed by atoms with Crippen molar-refractivity contribution in [2.75, 3.05) is 26.2 Å². The molecule has 0 aromatic heterocycles. The maximum absolute atomic E-state index is 11.9. The number of hydrogen-bond donors (Lipinski definition) is 3. The van der Waals surface area contributed by atoms with E-state index in [1.165, 1.54) is 11.1 Å². The van der Waals surface area contributed by atoms with E-state index in [1.807, 2.05) is 0 Å². The number of phenolic OH excluding ortho intramolecular Hbond substituents is 2. The van der Waals surface area contributed by atoms with E-state index in [0.29, 0.717) is 26.2 Å². The molecule has 1 aliphatic rings. The number of nitrogens with one attached hydrogen (secondary N) is 1. The summed E-state index contributed by atoms with van der Waals surface area (Å²) in [7, 11) is -4.12. The van der Waals surface area contributed by atoms with E-state index in [1.54, 1.807) is 0 Å². The van der Waals surface area contributed by atoms with E-state index in [4.69, 9.17) is 4.28 Å². The van der Waals surface area contributed by atoms with Crippen LogP contribution in [-0.2, 0) is 14.4 Å². The Bertz CT molecular complexity index is 525. The topological polar surface area (TPSA) is 99.1 Å². The lowest BCUT2D eigenvalue weighted by atomic mass is 10.3. The normalized spacial score (nSPS) is 17.8. The number of nitrogens with zero attached hydrogens (tertiary/aromatic N) is 1. The largest absolute Gasteiger partial charge is 0.508 e. The maximum Gasteiger partial charge on any atom is 0.316 e. The maximum atomic E-state index is 11.9. The average Bonchev–Trinajstić information content (AvgIpc) is 2.33. The van der Waals surface area contributed by atoms with Gasteiger partial charge in [0.15, 0.2) is 0 Å². The standard InChI is InChI=1S/C10H14N2O5S/c13-8-1-2-9(14)10(7-8)18(15,16)17-12-5-3-11-4-6-12/h1-2,7,11,13-14H,3-6H2. The van der Waals surface area contributed by atoms with Crippen molar-refractivity contribution in [2.24, 2.45) is 0 Å². The van der Waals surface area contributed by atoms with E-state index in [0.717, 1.165) is 12.1 Å². The third-order valence-electron chi connectivity index (χ3n) is 2.49. The third kappa shape index (κ3) is 2.91. The number of aromatic hydroxyl groups is 2. The number of hydroxylamine groups is 2. The van der Waals surface area contributed by atoms with Crippen molar-refractivity contribution < 1.29 is 22.9 Å². The molecular weight excluding hydrogens is 260 g/mol. The molecule has 1 saturated heterocycles. The molecule has 0 aliphatic carbocycles. The van der Waals surface area contributed by atoms with Crippen molar-refractivity contribution in [1.82, 2.24) is 10.4 Å². The Hall–Kier alpha value is -1.35. The molecule has 0 unspecified atom stereocenters. The molecule has 2 rings (SSSR count). The van der Waals surface area contributed by atoms with Gasteiger partial charge in [-0.2, -0.15) is 17.8 Å². The van der Waals surface area contributed by atoms with E-state index in [9.17, 15) is 18.6 Å². The summed E-state index contributed by atoms with van der Waals surface area (Å²) >= 11 is 0. The van der Waals surface area contributed by atoms with E-state index in [2.05, 4.69) is 5.32 Å². The van der Waals surface area contributed by atoms with Gasteiger partial charge in [-0.15, -0.1) is 0 Å². The van der Waals surface area contributed by atoms with Gasteiger partial charge in [0.05, 0.1) is 0 Å². The van der Waals surface area contributed by atoms with E-state index < -0.39 is 20.8 Å². The predicted octanol–water partition coefficient (Wildman–Crippen LogP) is -0.377. The van der Waals surface area contributed by atoms with Gasteiger partial charge in [0, 0.05) is 32.2 Å². The number of benzene rings is 1. The van der Waals surface area contributed by atoms with E-state index in [-0.39, 0.29) is 5.75 Å². The fourth-order valence-electron chi connectivity index (χ4n) is 1.60. The van der Waals surface area contributed by atoms with Gasteiger partial charge in [-0.05, 0) is 12.1 Å². The van der Waals surface area contributed by atoms with Crippen LogP contribution >= 0.6 is 0 Å². The Morgan fingerprint density at radius 2 is 1.89 bits per heavy atom. The Balaban J connectivity index is 2.21. The van der Waals surface area contributed by atoms with Crippen LogP contribution < -0.4 is 5.32 Å². The molecule has 0 saturated carbocycles. The Morgan fingerprint density at radius 3 is 2.56 bits per heavy atom. The molecule has 1 aromatic carbocycles. The van der Waals surface area contributed by atoms with Crippen molar-refractivity contribution in [1.29, 1.82) is 0 Å². The van der Waals surface area contributed by atoms with Crippen LogP contribution in [0.3, 0.4) is 0 Å². The van der Waals surface area contributed by atoms with Crippen LogP contribution in [0.4, 0.5) is 0 Å². The summed E-state index contributed by atoms with van der Waals surface area (Å²) in [6.07, 6.45) is 0. The average molecular weight is 274 g/mol. The first kappa shape index (κ1) is 13.1. The number of piperazine rings is 1. The molecule has 1 aromatic rings. The van der Waals surface area contributed by atoms with Gasteiger partial charge in [-0.1, -0.05) is 0 Å². The Labute approximate surface area is 105 Å². The SMILES string of the molecule is O=S(=O)(ON1CCNCC1)c1cc(O)ccc1O. The molecule has 0 radical (unpaired) electrons. The van der Waals surface area contributed by atoms with Gasteiger partial charge in [0.2, 0.25) is 0 Å². The second-order valence-electron chi connectivity index (χ2n) is 3.86. The Morgan fingerprint density at radius 1 is 1.22 bits per heavy atom. The van der Waals surface area contributed by atoms with Gasteiger partial charge in [0.25, 0.3) is 0 Å². The van der Waals surface area contributed by atoms with Crippen molar-refractivity contribution in [3.63, 3.8) is 0 Å². The second-order valence-corrected chi connectivity index (χ2v) is 5.36. The van der Waals surface area contributed by atoms with Crippen molar-refractivity contribution >= 4 is 10.1 Å². The number of phenols is 2. The predicted molar refractivity (Wildman–Crippen MR) is 62.5 cm³/mol. The van der Waals surface area contributed by atoms with Gasteiger partial charge < -0.3 is 15.5 Å². The van der Waals surface area contributed by atoms with Gasteiger partial charge >= 0.3 is 10.1 Å². The third-order valence-corrected chi connectivity index (χ3v) is 3.76. The summed E-state index contributed by atoms with van der Waals surface area (Å²) in [6, 6.07) is 3.25. The molecule has 0 spiro atoms. The molecule has 3 N–H and O–H groups in total. The van der Waals surface area contributed by atoms with Crippen LogP contribution in [0.25, 0.3) is 0 Å². The highest BCUT2D eigenvalue weighted by Gasteiger charge is 2.25. The van der Waals surface area contributed by atoms with Gasteiger partial charge in [0.1, 0.15) is 16.4 Å². The van der Waals surface area contributed by atoms with Crippen molar-refractivity contribution in [3.8, 4) is 11.5 Å². The highest BCUT2D eigenvalue weighted by atomic mass is 32.2. The number of rotatable bonds is 3. The zero-order valence-corrected chi connectivity index (χ0v) is 10.4. The fourth-order valence-corrected chi connectivity index (χ4v) is 2.70. The summed E-state index contributed by atoms with van der Waals surface area (Å²) in [6.45, 7) is 2.11. The molecule has 18 heavy (non-hydrogen) atoms. The molecule has 1 heterocycles. The van der Waals surface area contributed by atoms with Crippen LogP contribution in [0.5, 0.6) is 11.5 Å². The first-order valence-electron chi connectivity index (χ1n) is 5.41. The van der Waals surface area contributed by atoms with Crippen LogP contribution in [0.2, 0.25) is 0 Å². The summed E-state index contributed by atoms with van der Waals surface area (Å²) in [5.41, 5.74) is 0. The fraction of sp³-hybridized carbons (Fsp3) is 0.400. The quantitative estimate of drug-likeness (QED) is 0.646. The number of hydrogen-bond acceptors (Lipinski definition) is 7. The first-order chi connectivity index (χ1) is 8.49. The highest BCUT2D eigenvalue weighted by Crippen LogP contribution is 2.28. The minimum atomic E-state index is -4.12. The van der Waals surface area contributed by atoms with Crippen LogP contribution in [0, 0.1) is 0 Å². The van der Waals surface area contributed by atoms with Crippen molar-refractivity contribution in [2.45, 2.75) is 4.90 Å². The highest BCUT2D eigenvalue weighted by molar-refractivity contribution is 7.86. The van der Waals surface area contributed by atoms with E-state index >= 15 is 0 Å². The van der Waals surface area contributed by atoms with Crippen LogP contribution in [0.15, 0.2) is 23.1 Å². The van der Waals surface area contributed by atoms with Crippen LogP contribution in [-0.4, -0.2) is 49.9 Å². The van der Waals surface area contributed by atoms with Crippen molar-refractivity contribution in [3.05, 3.63) is 18.2 Å². The molecule has 100 valence electrons. The molecule has 0 amide bonds. The lowest BCUT2D eigenvalue weighted by Crippen LogP contribution is -2.44. The molecule has 7 nitrogen and oxygen atoms in total. The molecule has 8 heteroatoms. The Kier molecular flexibility index (Phi) is 3.71. The minimum Gasteiger partial charge on any atom is -0.508 e. The monoisotopic (exact) mass is 274 g/mol. The van der Waals surface area contributed by atoms with Crippen LogP contribution in [0.1, 0.15) is 0 Å². The molecule has 1 aliphatic heterocycles. The summed E-state index contributed by atoms with van der Waals surface area (Å²) < 4.78 is 28.7. The summed E-state index contributed by atoms with van der Waals surface area (Å²) in [5.74, 6) is -0.710. The minimum absolute atomic E-state index is 0.254. The van der Waals surface area contributed by atoms with Gasteiger partial charge in [-0.3, -0.25) is 0 Å². The zero-order valence-electron chi connectivity index (χ0n) is 9.54. The van der Waals surface area contributed by atoms with Gasteiger partial charge in [-0.25, -0.2) is 0 Å². The smallest absolute Gasteiger partial charge is 0.316 e. The lowest BCUT2D eigenvalue weighted by molar-refractivity contribution is -0.0598. The molecule has 0 bridgehead atoms.